The van der Waals surface area contributed by atoms with Gasteiger partial charge in [0.1, 0.15) is 6.04 Å². The van der Waals surface area contributed by atoms with E-state index in [4.69, 9.17) is 34.8 Å². The van der Waals surface area contributed by atoms with Crippen LogP contribution in [0.15, 0.2) is 47.4 Å². The zero-order valence-electron chi connectivity index (χ0n) is 17.0. The summed E-state index contributed by atoms with van der Waals surface area (Å²) in [6.07, 6.45) is 0.773. The molecule has 0 spiro atoms. The Balaban J connectivity index is 2.17. The molecule has 1 atom stereocenters. The van der Waals surface area contributed by atoms with Gasteiger partial charge in [-0.3, -0.25) is 9.59 Å². The van der Waals surface area contributed by atoms with Crippen molar-refractivity contribution in [3.05, 3.63) is 63.1 Å². The van der Waals surface area contributed by atoms with Crippen LogP contribution in [0.1, 0.15) is 32.3 Å². The number of benzene rings is 2. The highest BCUT2D eigenvalue weighted by Gasteiger charge is 2.29. The van der Waals surface area contributed by atoms with Gasteiger partial charge in [-0.25, -0.2) is 0 Å². The molecular formula is C22H25Cl3N2O2S. The van der Waals surface area contributed by atoms with Crippen LogP contribution in [-0.2, 0) is 16.1 Å². The number of rotatable bonds is 10. The Hall–Kier alpha value is -1.40. The van der Waals surface area contributed by atoms with Gasteiger partial charge in [-0.15, -0.1) is 11.8 Å². The van der Waals surface area contributed by atoms with Crippen molar-refractivity contribution < 1.29 is 9.59 Å². The van der Waals surface area contributed by atoms with Crippen molar-refractivity contribution in [2.45, 2.75) is 44.2 Å². The molecule has 2 aromatic carbocycles. The highest BCUT2D eigenvalue weighted by Crippen LogP contribution is 2.28. The van der Waals surface area contributed by atoms with Crippen molar-refractivity contribution in [1.29, 1.82) is 0 Å². The molecule has 2 aromatic rings. The molecule has 0 fully saturated rings. The number of hydrogen-bond acceptors (Lipinski definition) is 3. The number of carbonyl (C=O) groups is 2. The van der Waals surface area contributed by atoms with E-state index in [1.165, 1.54) is 0 Å². The third kappa shape index (κ3) is 7.09. The van der Waals surface area contributed by atoms with Gasteiger partial charge in [-0.1, -0.05) is 47.8 Å². The maximum Gasteiger partial charge on any atom is 0.242 e. The molecule has 0 aromatic heterocycles. The lowest BCUT2D eigenvalue weighted by Gasteiger charge is -2.31. The molecule has 2 rings (SSSR count). The van der Waals surface area contributed by atoms with Gasteiger partial charge in [0.2, 0.25) is 11.8 Å². The lowest BCUT2D eigenvalue weighted by atomic mass is 10.1. The number of nitrogens with zero attached hydrogens (tertiary/aromatic N) is 1. The lowest BCUT2D eigenvalue weighted by molar-refractivity contribution is -0.141. The molecule has 0 unspecified atom stereocenters. The molecule has 0 radical (unpaired) electrons. The quantitative estimate of drug-likeness (QED) is 0.414. The van der Waals surface area contributed by atoms with E-state index in [1.54, 1.807) is 34.9 Å². The van der Waals surface area contributed by atoms with Gasteiger partial charge >= 0.3 is 0 Å². The molecule has 0 aliphatic carbocycles. The van der Waals surface area contributed by atoms with Crippen molar-refractivity contribution in [3.63, 3.8) is 0 Å². The largest absolute Gasteiger partial charge is 0.355 e. The van der Waals surface area contributed by atoms with Crippen molar-refractivity contribution in [2.24, 2.45) is 0 Å². The monoisotopic (exact) mass is 486 g/mol. The first-order chi connectivity index (χ1) is 14.4. The molecule has 8 heteroatoms. The number of hydrogen-bond donors (Lipinski definition) is 1. The summed E-state index contributed by atoms with van der Waals surface area (Å²) in [4.78, 5) is 28.4. The zero-order chi connectivity index (χ0) is 22.1. The van der Waals surface area contributed by atoms with Gasteiger partial charge in [0.05, 0.1) is 0 Å². The second-order valence-electron chi connectivity index (χ2n) is 6.59. The maximum atomic E-state index is 13.1. The molecule has 2 amide bonds. The molecule has 1 N–H and O–H groups in total. The third-order valence-electron chi connectivity index (χ3n) is 4.53. The van der Waals surface area contributed by atoms with Gasteiger partial charge in [0.25, 0.3) is 0 Å². The normalized spacial score (nSPS) is 11.8. The molecule has 0 saturated carbocycles. The van der Waals surface area contributed by atoms with Crippen molar-refractivity contribution in [3.8, 4) is 0 Å². The number of thioether (sulfide) groups is 1. The second-order valence-corrected chi connectivity index (χ2v) is 9.01. The third-order valence-corrected chi connectivity index (χ3v) is 6.50. The highest BCUT2D eigenvalue weighted by atomic mass is 35.5. The van der Waals surface area contributed by atoms with Crippen LogP contribution in [0.3, 0.4) is 0 Å². The summed E-state index contributed by atoms with van der Waals surface area (Å²) in [6.45, 7) is 4.41. The van der Waals surface area contributed by atoms with E-state index < -0.39 is 6.04 Å². The van der Waals surface area contributed by atoms with Crippen LogP contribution < -0.4 is 5.32 Å². The van der Waals surface area contributed by atoms with Crippen LogP contribution in [0, 0.1) is 0 Å². The molecule has 0 aliphatic rings. The van der Waals surface area contributed by atoms with E-state index in [0.29, 0.717) is 39.3 Å². The van der Waals surface area contributed by atoms with E-state index in [2.05, 4.69) is 5.32 Å². The van der Waals surface area contributed by atoms with Crippen molar-refractivity contribution in [2.75, 3.05) is 12.3 Å². The van der Waals surface area contributed by atoms with Gasteiger partial charge in [0, 0.05) is 50.8 Å². The minimum Gasteiger partial charge on any atom is -0.355 e. The van der Waals surface area contributed by atoms with Crippen LogP contribution >= 0.6 is 46.6 Å². The summed E-state index contributed by atoms with van der Waals surface area (Å²) in [5.74, 6) is 0.284. The Bertz CT molecular complexity index is 842. The molecule has 0 saturated heterocycles. The zero-order valence-corrected chi connectivity index (χ0v) is 20.0. The Morgan fingerprint density at radius 2 is 1.67 bits per heavy atom. The molecule has 4 nitrogen and oxygen atoms in total. The first-order valence-corrected chi connectivity index (χ1v) is 11.9. The predicted molar refractivity (Wildman–Crippen MR) is 127 cm³/mol. The number of halogens is 3. The number of nitrogens with one attached hydrogen (secondary N) is 1. The molecule has 162 valence electrons. The average molecular weight is 488 g/mol. The summed E-state index contributed by atoms with van der Waals surface area (Å²) >= 11 is 20.1. The fourth-order valence-corrected chi connectivity index (χ4v) is 4.48. The molecule has 30 heavy (non-hydrogen) atoms. The van der Waals surface area contributed by atoms with Crippen LogP contribution in [0.2, 0.25) is 15.1 Å². The van der Waals surface area contributed by atoms with E-state index in [-0.39, 0.29) is 24.8 Å². The van der Waals surface area contributed by atoms with Crippen molar-refractivity contribution in [1.82, 2.24) is 10.2 Å². The number of carbonyl (C=O) groups excluding carboxylic acids is 2. The van der Waals surface area contributed by atoms with Gasteiger partial charge in [-0.2, -0.15) is 0 Å². The summed E-state index contributed by atoms with van der Waals surface area (Å²) in [6, 6.07) is 12.1. The first-order valence-electron chi connectivity index (χ1n) is 9.75. The van der Waals surface area contributed by atoms with Gasteiger partial charge < -0.3 is 10.2 Å². The molecular weight excluding hydrogens is 463 g/mol. The number of amides is 2. The standard InChI is InChI=1S/C22H25Cl3N2O2S/c1-3-20(22(29)26-4-2)27(14-17-18(24)6-5-7-19(17)25)21(28)12-13-30-16-10-8-15(23)9-11-16/h5-11,20H,3-4,12-14H2,1-2H3,(H,26,29)/t20-/m0/s1. The van der Waals surface area contributed by atoms with Crippen molar-refractivity contribution >= 4 is 58.4 Å². The highest BCUT2D eigenvalue weighted by molar-refractivity contribution is 7.99. The van der Waals surface area contributed by atoms with E-state index in [9.17, 15) is 9.59 Å². The first kappa shape index (κ1) is 24.9. The van der Waals surface area contributed by atoms with Gasteiger partial charge in [-0.05, 0) is 49.7 Å². The smallest absolute Gasteiger partial charge is 0.242 e. The Morgan fingerprint density at radius 3 is 2.23 bits per heavy atom. The molecule has 0 aliphatic heterocycles. The Labute approximate surface area is 197 Å². The Morgan fingerprint density at radius 1 is 1.03 bits per heavy atom. The molecule has 0 heterocycles. The summed E-state index contributed by atoms with van der Waals surface area (Å²) in [5, 5.41) is 4.44. The maximum absolute atomic E-state index is 13.1. The summed E-state index contributed by atoms with van der Waals surface area (Å²) < 4.78 is 0. The van der Waals surface area contributed by atoms with Crippen LogP contribution in [0.5, 0.6) is 0 Å². The fourth-order valence-electron chi connectivity index (χ4n) is 3.00. The number of likely N-dealkylation sites (N-methyl/N-ethyl adjacent to an activating group) is 1. The average Bonchev–Trinajstić information content (AvgIpc) is 2.71. The minimum atomic E-state index is -0.592. The fraction of sp³-hybridized carbons (Fsp3) is 0.364. The van der Waals surface area contributed by atoms with Crippen LogP contribution in [0.25, 0.3) is 0 Å². The topological polar surface area (TPSA) is 49.4 Å². The molecule has 0 bridgehead atoms. The summed E-state index contributed by atoms with van der Waals surface area (Å²) in [7, 11) is 0. The van der Waals surface area contributed by atoms with E-state index in [1.807, 2.05) is 38.1 Å². The van der Waals surface area contributed by atoms with Crippen LogP contribution in [-0.4, -0.2) is 35.1 Å². The Kier molecular flexibility index (Phi) is 10.3. The SMILES string of the molecule is CCNC(=O)[C@H](CC)N(Cc1c(Cl)cccc1Cl)C(=O)CCSc1ccc(Cl)cc1. The van der Waals surface area contributed by atoms with E-state index in [0.717, 1.165) is 4.90 Å². The van der Waals surface area contributed by atoms with Crippen LogP contribution in [0.4, 0.5) is 0 Å². The van der Waals surface area contributed by atoms with Gasteiger partial charge in [0.15, 0.2) is 0 Å². The second kappa shape index (κ2) is 12.5. The van der Waals surface area contributed by atoms with E-state index >= 15 is 0 Å². The summed E-state index contributed by atoms with van der Waals surface area (Å²) in [5.41, 5.74) is 0.641. The minimum absolute atomic E-state index is 0.120. The lowest BCUT2D eigenvalue weighted by Crippen LogP contribution is -2.49. The predicted octanol–water partition coefficient (Wildman–Crippen LogP) is 6.07.